The molecule has 0 aliphatic heterocycles. The number of hydrogen-bond donors (Lipinski definition) is 4. The van der Waals surface area contributed by atoms with Crippen LogP contribution in [0.15, 0.2) is 5.16 Å². The highest BCUT2D eigenvalue weighted by Crippen LogP contribution is 2.18. The highest BCUT2D eigenvalue weighted by molar-refractivity contribution is 5.87. The highest BCUT2D eigenvalue weighted by atomic mass is 16.4. The van der Waals surface area contributed by atoms with E-state index < -0.39 is 0 Å². The first-order valence-corrected chi connectivity index (χ1v) is 5.62. The van der Waals surface area contributed by atoms with E-state index in [2.05, 4.69) is 15.8 Å². The van der Waals surface area contributed by atoms with Gasteiger partial charge < -0.3 is 16.3 Å². The standard InChI is InChI=1S/C10H20N4O2/c1-3-8(9(11)14-16)12-6(2)10(15)13-7-4-5-7/h6-8,12,16H,3-5H2,1-2H3,(H2,11,14)(H,13,15). The van der Waals surface area contributed by atoms with Gasteiger partial charge in [0.2, 0.25) is 5.91 Å². The molecule has 0 saturated heterocycles. The first-order valence-electron chi connectivity index (χ1n) is 5.62. The Morgan fingerprint density at radius 3 is 2.69 bits per heavy atom. The van der Waals surface area contributed by atoms with Crippen LogP contribution in [0.4, 0.5) is 0 Å². The molecule has 0 spiro atoms. The molecule has 0 heterocycles. The fourth-order valence-corrected chi connectivity index (χ4v) is 1.41. The van der Waals surface area contributed by atoms with Crippen LogP contribution >= 0.6 is 0 Å². The predicted molar refractivity (Wildman–Crippen MR) is 61.3 cm³/mol. The van der Waals surface area contributed by atoms with Crippen LogP contribution in [-0.4, -0.2) is 35.1 Å². The largest absolute Gasteiger partial charge is 0.409 e. The Bertz CT molecular complexity index is 276. The normalized spacial score (nSPS) is 20.2. The van der Waals surface area contributed by atoms with E-state index in [0.717, 1.165) is 12.8 Å². The number of nitrogens with one attached hydrogen (secondary N) is 2. The zero-order valence-corrected chi connectivity index (χ0v) is 9.73. The maximum atomic E-state index is 11.6. The molecule has 16 heavy (non-hydrogen) atoms. The summed E-state index contributed by atoms with van der Waals surface area (Å²) >= 11 is 0. The number of oxime groups is 1. The first-order chi connectivity index (χ1) is 7.58. The Kier molecular flexibility index (Phi) is 4.54. The van der Waals surface area contributed by atoms with Crippen LogP contribution in [0.3, 0.4) is 0 Å². The van der Waals surface area contributed by atoms with Gasteiger partial charge in [-0.3, -0.25) is 10.1 Å². The number of rotatable bonds is 6. The lowest BCUT2D eigenvalue weighted by Gasteiger charge is -2.20. The molecule has 1 rings (SSSR count). The van der Waals surface area contributed by atoms with E-state index in [4.69, 9.17) is 10.9 Å². The fraction of sp³-hybridized carbons (Fsp3) is 0.800. The molecule has 92 valence electrons. The third kappa shape index (κ3) is 3.69. The van der Waals surface area contributed by atoms with E-state index in [9.17, 15) is 4.79 Å². The Labute approximate surface area is 95.3 Å². The van der Waals surface area contributed by atoms with E-state index in [1.165, 1.54) is 0 Å². The van der Waals surface area contributed by atoms with Gasteiger partial charge in [-0.25, -0.2) is 0 Å². The highest BCUT2D eigenvalue weighted by Gasteiger charge is 2.26. The molecule has 6 nitrogen and oxygen atoms in total. The van der Waals surface area contributed by atoms with Crippen LogP contribution in [-0.2, 0) is 4.79 Å². The third-order valence-electron chi connectivity index (χ3n) is 2.65. The van der Waals surface area contributed by atoms with Gasteiger partial charge in [-0.15, -0.1) is 0 Å². The van der Waals surface area contributed by atoms with Crippen LogP contribution in [0.2, 0.25) is 0 Å². The van der Waals surface area contributed by atoms with Gasteiger partial charge in [0.1, 0.15) is 0 Å². The van der Waals surface area contributed by atoms with Gasteiger partial charge >= 0.3 is 0 Å². The maximum Gasteiger partial charge on any atom is 0.237 e. The van der Waals surface area contributed by atoms with Gasteiger partial charge in [0, 0.05) is 6.04 Å². The van der Waals surface area contributed by atoms with Gasteiger partial charge in [-0.05, 0) is 26.2 Å². The summed E-state index contributed by atoms with van der Waals surface area (Å²) in [5.74, 6) is 0.0697. The van der Waals surface area contributed by atoms with Gasteiger partial charge in [0.15, 0.2) is 5.84 Å². The van der Waals surface area contributed by atoms with E-state index >= 15 is 0 Å². The van der Waals surface area contributed by atoms with Gasteiger partial charge in [-0.2, -0.15) is 0 Å². The summed E-state index contributed by atoms with van der Waals surface area (Å²) in [5, 5.41) is 17.4. The molecule has 1 amide bonds. The van der Waals surface area contributed by atoms with Crippen LogP contribution in [0.25, 0.3) is 0 Å². The molecule has 0 aromatic carbocycles. The molecule has 2 unspecified atom stereocenters. The molecular formula is C10H20N4O2. The second-order valence-corrected chi connectivity index (χ2v) is 4.16. The number of amides is 1. The van der Waals surface area contributed by atoms with Crippen molar-refractivity contribution in [2.24, 2.45) is 10.9 Å². The molecular weight excluding hydrogens is 208 g/mol. The van der Waals surface area contributed by atoms with Crippen molar-refractivity contribution in [1.29, 1.82) is 0 Å². The molecule has 0 aromatic heterocycles. The number of hydrogen-bond acceptors (Lipinski definition) is 4. The molecule has 1 fully saturated rings. The zero-order valence-electron chi connectivity index (χ0n) is 9.73. The summed E-state index contributed by atoms with van der Waals surface area (Å²) in [7, 11) is 0. The summed E-state index contributed by atoms with van der Waals surface area (Å²) in [6.07, 6.45) is 2.79. The number of carbonyl (C=O) groups is 1. The minimum atomic E-state index is -0.342. The molecule has 6 heteroatoms. The van der Waals surface area contributed by atoms with E-state index in [1.54, 1.807) is 6.92 Å². The van der Waals surface area contributed by atoms with Crippen molar-refractivity contribution in [3.05, 3.63) is 0 Å². The van der Waals surface area contributed by atoms with Crippen LogP contribution in [0.5, 0.6) is 0 Å². The van der Waals surface area contributed by atoms with Gasteiger partial charge in [0.25, 0.3) is 0 Å². The average molecular weight is 228 g/mol. The van der Waals surface area contributed by atoms with Crippen molar-refractivity contribution < 1.29 is 10.0 Å². The Morgan fingerprint density at radius 2 is 2.25 bits per heavy atom. The van der Waals surface area contributed by atoms with Crippen molar-refractivity contribution >= 4 is 11.7 Å². The van der Waals surface area contributed by atoms with Gasteiger partial charge in [0.05, 0.1) is 12.1 Å². The Morgan fingerprint density at radius 1 is 1.62 bits per heavy atom. The second-order valence-electron chi connectivity index (χ2n) is 4.16. The summed E-state index contributed by atoms with van der Waals surface area (Å²) in [4.78, 5) is 11.6. The number of nitrogens with zero attached hydrogens (tertiary/aromatic N) is 1. The molecule has 1 saturated carbocycles. The Balaban J connectivity index is 2.40. The van der Waals surface area contributed by atoms with Crippen molar-refractivity contribution in [2.45, 2.75) is 51.2 Å². The molecule has 0 aromatic rings. The second kappa shape index (κ2) is 5.69. The molecule has 1 aliphatic carbocycles. The number of nitrogens with two attached hydrogens (primary N) is 1. The number of amidine groups is 1. The minimum Gasteiger partial charge on any atom is -0.409 e. The smallest absolute Gasteiger partial charge is 0.237 e. The lowest BCUT2D eigenvalue weighted by Crippen LogP contribution is -2.51. The Hall–Kier alpha value is -1.30. The van der Waals surface area contributed by atoms with Gasteiger partial charge in [-0.1, -0.05) is 12.1 Å². The monoisotopic (exact) mass is 228 g/mol. The fourth-order valence-electron chi connectivity index (χ4n) is 1.41. The molecule has 0 radical (unpaired) electrons. The third-order valence-corrected chi connectivity index (χ3v) is 2.65. The van der Waals surface area contributed by atoms with Crippen molar-refractivity contribution in [1.82, 2.24) is 10.6 Å². The zero-order chi connectivity index (χ0) is 12.1. The summed E-state index contributed by atoms with van der Waals surface area (Å²) in [6, 6.07) is -0.267. The average Bonchev–Trinajstić information content (AvgIpc) is 3.08. The van der Waals surface area contributed by atoms with Crippen molar-refractivity contribution in [2.75, 3.05) is 0 Å². The molecule has 5 N–H and O–H groups in total. The van der Waals surface area contributed by atoms with Crippen molar-refractivity contribution in [3.8, 4) is 0 Å². The van der Waals surface area contributed by atoms with Crippen LogP contribution < -0.4 is 16.4 Å². The first kappa shape index (κ1) is 12.8. The summed E-state index contributed by atoms with van der Waals surface area (Å²) in [5.41, 5.74) is 5.50. The van der Waals surface area contributed by atoms with E-state index in [-0.39, 0.29) is 23.8 Å². The summed E-state index contributed by atoms with van der Waals surface area (Å²) < 4.78 is 0. The topological polar surface area (TPSA) is 99.7 Å². The number of carbonyl (C=O) groups excluding carboxylic acids is 1. The summed E-state index contributed by atoms with van der Waals surface area (Å²) in [6.45, 7) is 3.67. The quantitative estimate of drug-likeness (QED) is 0.218. The SMILES string of the molecule is CCC(NC(C)C(=O)NC1CC1)C(N)=NO. The lowest BCUT2D eigenvalue weighted by molar-refractivity contribution is -0.123. The van der Waals surface area contributed by atoms with E-state index in [1.807, 2.05) is 6.92 Å². The predicted octanol–water partition coefficient (Wildman–Crippen LogP) is -0.232. The maximum absolute atomic E-state index is 11.6. The minimum absolute atomic E-state index is 0.0355. The van der Waals surface area contributed by atoms with E-state index in [0.29, 0.717) is 12.5 Å². The molecule has 0 bridgehead atoms. The van der Waals surface area contributed by atoms with Crippen LogP contribution in [0.1, 0.15) is 33.1 Å². The van der Waals surface area contributed by atoms with Crippen LogP contribution in [0, 0.1) is 0 Å². The van der Waals surface area contributed by atoms with Crippen molar-refractivity contribution in [3.63, 3.8) is 0 Å². The lowest BCUT2D eigenvalue weighted by atomic mass is 10.1. The molecule has 1 aliphatic rings. The molecule has 2 atom stereocenters.